The molecule has 160 valence electrons. The number of nitrogens with zero attached hydrogens (tertiary/aromatic N) is 4. The van der Waals surface area contributed by atoms with Gasteiger partial charge >= 0.3 is 0 Å². The maximum atomic E-state index is 13.1. The van der Waals surface area contributed by atoms with Crippen molar-refractivity contribution in [2.45, 2.75) is 0 Å². The van der Waals surface area contributed by atoms with Crippen molar-refractivity contribution in [2.75, 3.05) is 31.1 Å². The molecule has 0 saturated carbocycles. The summed E-state index contributed by atoms with van der Waals surface area (Å²) in [6, 6.07) is 23.3. The average molecular weight is 428 g/mol. The van der Waals surface area contributed by atoms with Crippen LogP contribution in [0.3, 0.4) is 0 Å². The maximum absolute atomic E-state index is 13.1. The SMILES string of the molecule is O=C(c1ccc(-c2nc(-c3ccccc3)no2)cc1)N1CCN(c2ccc(F)cc2)CC1. The van der Waals surface area contributed by atoms with Crippen LogP contribution in [0.15, 0.2) is 83.4 Å². The van der Waals surface area contributed by atoms with Gasteiger partial charge in [-0.1, -0.05) is 35.5 Å². The van der Waals surface area contributed by atoms with Gasteiger partial charge in [-0.05, 0) is 48.5 Å². The van der Waals surface area contributed by atoms with E-state index in [0.29, 0.717) is 43.5 Å². The van der Waals surface area contributed by atoms with E-state index in [0.717, 1.165) is 16.8 Å². The van der Waals surface area contributed by atoms with Crippen molar-refractivity contribution in [3.8, 4) is 22.8 Å². The third kappa shape index (κ3) is 4.09. The number of carbonyl (C=O) groups is 1. The summed E-state index contributed by atoms with van der Waals surface area (Å²) in [5.74, 6) is 0.684. The molecule has 1 saturated heterocycles. The van der Waals surface area contributed by atoms with E-state index in [1.54, 1.807) is 24.3 Å². The molecule has 0 spiro atoms. The van der Waals surface area contributed by atoms with Crippen molar-refractivity contribution in [3.05, 3.63) is 90.2 Å². The quantitative estimate of drug-likeness (QED) is 0.479. The first-order valence-electron chi connectivity index (χ1n) is 10.5. The Morgan fingerprint density at radius 3 is 2.19 bits per heavy atom. The number of piperazine rings is 1. The van der Waals surface area contributed by atoms with Crippen molar-refractivity contribution in [1.29, 1.82) is 0 Å². The molecule has 2 heterocycles. The Morgan fingerprint density at radius 2 is 1.50 bits per heavy atom. The minimum atomic E-state index is -0.247. The molecule has 0 unspecified atom stereocenters. The van der Waals surface area contributed by atoms with Crippen LogP contribution in [0.25, 0.3) is 22.8 Å². The number of rotatable bonds is 4. The van der Waals surface area contributed by atoms with Gasteiger partial charge in [-0.3, -0.25) is 4.79 Å². The van der Waals surface area contributed by atoms with E-state index >= 15 is 0 Å². The molecule has 5 rings (SSSR count). The topological polar surface area (TPSA) is 62.5 Å². The third-order valence-corrected chi connectivity index (χ3v) is 5.60. The van der Waals surface area contributed by atoms with Crippen molar-refractivity contribution < 1.29 is 13.7 Å². The lowest BCUT2D eigenvalue weighted by molar-refractivity contribution is 0.0747. The zero-order valence-corrected chi connectivity index (χ0v) is 17.3. The van der Waals surface area contributed by atoms with Crippen LogP contribution in [0.4, 0.5) is 10.1 Å². The Balaban J connectivity index is 1.23. The number of aromatic nitrogens is 2. The number of hydrogen-bond donors (Lipinski definition) is 0. The first kappa shape index (κ1) is 19.9. The predicted molar refractivity (Wildman–Crippen MR) is 120 cm³/mol. The molecule has 1 aromatic heterocycles. The minimum Gasteiger partial charge on any atom is -0.368 e. The fourth-order valence-corrected chi connectivity index (χ4v) is 3.80. The molecule has 1 aliphatic heterocycles. The van der Waals surface area contributed by atoms with Crippen molar-refractivity contribution >= 4 is 11.6 Å². The lowest BCUT2D eigenvalue weighted by Crippen LogP contribution is -2.48. The van der Waals surface area contributed by atoms with E-state index in [-0.39, 0.29) is 11.7 Å². The van der Waals surface area contributed by atoms with Gasteiger partial charge in [0.05, 0.1) is 0 Å². The Morgan fingerprint density at radius 1 is 0.812 bits per heavy atom. The number of halogens is 1. The number of anilines is 1. The molecule has 6 nitrogen and oxygen atoms in total. The van der Waals surface area contributed by atoms with E-state index in [1.165, 1.54) is 12.1 Å². The second kappa shape index (κ2) is 8.63. The van der Waals surface area contributed by atoms with Gasteiger partial charge in [-0.15, -0.1) is 0 Å². The molecule has 0 N–H and O–H groups in total. The summed E-state index contributed by atoms with van der Waals surface area (Å²) in [4.78, 5) is 21.4. The molecular formula is C25H21FN4O2. The number of benzene rings is 3. The first-order chi connectivity index (χ1) is 15.7. The second-order valence-electron chi connectivity index (χ2n) is 7.62. The normalized spacial score (nSPS) is 13.9. The molecule has 1 fully saturated rings. The van der Waals surface area contributed by atoms with E-state index in [4.69, 9.17) is 4.52 Å². The molecule has 1 amide bonds. The Kier molecular flexibility index (Phi) is 5.37. The summed E-state index contributed by atoms with van der Waals surface area (Å²) >= 11 is 0. The fraction of sp³-hybridized carbons (Fsp3) is 0.160. The minimum absolute atomic E-state index is 0.00851. The molecular weight excluding hydrogens is 407 g/mol. The van der Waals surface area contributed by atoms with Crippen LogP contribution in [0.5, 0.6) is 0 Å². The Labute approximate surface area is 184 Å². The summed E-state index contributed by atoms with van der Waals surface area (Å²) in [5.41, 5.74) is 3.23. The summed E-state index contributed by atoms with van der Waals surface area (Å²) in [6.45, 7) is 2.64. The largest absolute Gasteiger partial charge is 0.368 e. The van der Waals surface area contributed by atoms with Crippen LogP contribution in [-0.2, 0) is 0 Å². The Bertz CT molecular complexity index is 1200. The van der Waals surface area contributed by atoms with Crippen LogP contribution in [0, 0.1) is 5.82 Å². The van der Waals surface area contributed by atoms with Gasteiger partial charge in [-0.2, -0.15) is 4.98 Å². The molecule has 0 bridgehead atoms. The lowest BCUT2D eigenvalue weighted by Gasteiger charge is -2.36. The van der Waals surface area contributed by atoms with Crippen molar-refractivity contribution in [1.82, 2.24) is 15.0 Å². The van der Waals surface area contributed by atoms with E-state index < -0.39 is 0 Å². The van der Waals surface area contributed by atoms with Crippen molar-refractivity contribution in [3.63, 3.8) is 0 Å². The fourth-order valence-electron chi connectivity index (χ4n) is 3.80. The number of carbonyl (C=O) groups excluding carboxylic acids is 1. The molecule has 0 radical (unpaired) electrons. The first-order valence-corrected chi connectivity index (χ1v) is 10.5. The maximum Gasteiger partial charge on any atom is 0.258 e. The highest BCUT2D eigenvalue weighted by molar-refractivity contribution is 5.94. The molecule has 32 heavy (non-hydrogen) atoms. The van der Waals surface area contributed by atoms with Crippen LogP contribution in [-0.4, -0.2) is 47.1 Å². The molecule has 7 heteroatoms. The van der Waals surface area contributed by atoms with Crippen molar-refractivity contribution in [2.24, 2.45) is 0 Å². The van der Waals surface area contributed by atoms with Crippen LogP contribution >= 0.6 is 0 Å². The van der Waals surface area contributed by atoms with E-state index in [1.807, 2.05) is 47.4 Å². The van der Waals surface area contributed by atoms with Gasteiger partial charge in [0.1, 0.15) is 5.82 Å². The third-order valence-electron chi connectivity index (χ3n) is 5.60. The van der Waals surface area contributed by atoms with Crippen LogP contribution in [0.2, 0.25) is 0 Å². The number of hydrogen-bond acceptors (Lipinski definition) is 5. The summed E-state index contributed by atoms with van der Waals surface area (Å²) in [7, 11) is 0. The van der Waals surface area contributed by atoms with Gasteiger partial charge in [0.15, 0.2) is 0 Å². The smallest absolute Gasteiger partial charge is 0.258 e. The monoisotopic (exact) mass is 428 g/mol. The van der Waals surface area contributed by atoms with Gasteiger partial charge < -0.3 is 14.3 Å². The predicted octanol–water partition coefficient (Wildman–Crippen LogP) is 4.51. The zero-order valence-electron chi connectivity index (χ0n) is 17.3. The standard InChI is InChI=1S/C25H21FN4O2/c26-21-10-12-22(13-11-21)29-14-16-30(17-15-29)25(31)20-8-6-19(7-9-20)24-27-23(28-32-24)18-4-2-1-3-5-18/h1-13H,14-17H2. The molecule has 0 aliphatic carbocycles. The van der Waals surface area contributed by atoms with Gasteiger partial charge in [0, 0.05) is 48.6 Å². The Hall–Kier alpha value is -4.00. The van der Waals surface area contributed by atoms with E-state index in [9.17, 15) is 9.18 Å². The molecule has 3 aromatic carbocycles. The van der Waals surface area contributed by atoms with Gasteiger partial charge in [0.2, 0.25) is 5.82 Å². The zero-order chi connectivity index (χ0) is 21.9. The second-order valence-corrected chi connectivity index (χ2v) is 7.62. The van der Waals surface area contributed by atoms with Crippen LogP contribution in [0.1, 0.15) is 10.4 Å². The number of amides is 1. The summed E-state index contributed by atoms with van der Waals surface area (Å²) < 4.78 is 18.5. The molecule has 4 aromatic rings. The molecule has 0 atom stereocenters. The van der Waals surface area contributed by atoms with Crippen LogP contribution < -0.4 is 4.90 Å². The summed E-state index contributed by atoms with van der Waals surface area (Å²) in [6.07, 6.45) is 0. The highest BCUT2D eigenvalue weighted by atomic mass is 19.1. The lowest BCUT2D eigenvalue weighted by atomic mass is 10.1. The molecule has 1 aliphatic rings. The van der Waals surface area contributed by atoms with Gasteiger partial charge in [-0.25, -0.2) is 4.39 Å². The highest BCUT2D eigenvalue weighted by Crippen LogP contribution is 2.23. The highest BCUT2D eigenvalue weighted by Gasteiger charge is 2.22. The average Bonchev–Trinajstić information content (AvgIpc) is 3.35. The van der Waals surface area contributed by atoms with Gasteiger partial charge in [0.25, 0.3) is 11.8 Å². The summed E-state index contributed by atoms with van der Waals surface area (Å²) in [5, 5.41) is 4.04. The van der Waals surface area contributed by atoms with E-state index in [2.05, 4.69) is 15.0 Å².